The molecule has 0 bridgehead atoms. The van der Waals surface area contributed by atoms with E-state index in [1.54, 1.807) is 78.9 Å². The maximum absolute atomic E-state index is 15.6. The van der Waals surface area contributed by atoms with Crippen LogP contribution in [0.2, 0.25) is 36.3 Å². The van der Waals surface area contributed by atoms with Crippen molar-refractivity contribution in [1.82, 2.24) is 38.5 Å². The SMILES string of the molecule is C=CCOC(=O)C(N1C(=O)[C@H]([C@@H](C)O[Si](C)(C)C(C)(C)C)[C@H]1[C@@H](C)C(=O)OC(=O)c1ccc(N(CC)CC)cc1)=P(c1ccccc1)(c1ccccc1)c1ccccc1.C=CCOC(=O)C(N1C(=O)[C@H]([C@@H](C)O[Si](C)(C)C(C)(C)C)[C@H]1[C@@H](C)C(=O)c1cn2cnc(C(OCC)(OCC)c3cccnc3)c2s1)=P(c1ccccc1)(c1ccccc1)c1ccccc1.CCOC(OCC)(c1cccnc1)c1ncn2cc(Br)sc12. The van der Waals surface area contributed by atoms with E-state index in [1.165, 1.54) is 28.4 Å². The van der Waals surface area contributed by atoms with Crippen LogP contribution in [0.15, 0.2) is 309 Å². The third-order valence-electron chi connectivity index (χ3n) is 27.9. The average molecular weight is 2160 g/mol. The molecule has 0 spiro atoms. The standard InChI is InChI=1S/C52H61N4O7PSSi.C48H59N2O7PSi.C15H16BrN3O2S/c1-11-32-60-50(59)48(64(39-25-17-14-18-26-39,40-27-19-15-20-28-40)41-29-21-16-22-30-41)56-44(43(47(56)58)37(5)63-66(9,10)51(6,7)8)36(4)45(57)42-34-55-35-54-46(49(55)65-42)52(61-12-2,62-13-3)38-24-23-31-53-33-38;1-11-33-55-47(54)44(58(38-23-17-14-18-24-38,39-25-19-15-20-26-39)40-27-21-16-22-28-40)50-42(41(43(50)51)35(5)57-59(9,10)48(6,7)8)34(4)45(52)56-46(53)36-29-31-37(32-30-36)49(12-2)13-3;1-3-20-15(21-4-2,11-6-5-7-17-8-11)13-14-19(10-18-13)9-12(16)22-14/h11,14-31,33-37,43-44H,1,12-13,32H2,2-10H3;11,14-32,34-35,41-42H,1,12-13,33H2,2-10H3;5-10H,3-4H2,1-2H3/t36-,37-,43-,44-;34-,35-,41-,42-;/m11./s1. The van der Waals surface area contributed by atoms with Crippen molar-refractivity contribution in [2.45, 2.75) is 183 Å². The maximum atomic E-state index is 15.6. The molecule has 0 radical (unpaired) electrons. The van der Waals surface area contributed by atoms with Crippen LogP contribution in [0.1, 0.15) is 153 Å². The number of benzene rings is 7. The van der Waals surface area contributed by atoms with Crippen molar-refractivity contribution in [3.8, 4) is 0 Å². The van der Waals surface area contributed by atoms with Gasteiger partial charge in [-0.2, -0.15) is 0 Å². The second-order valence-electron chi connectivity index (χ2n) is 39.0. The summed E-state index contributed by atoms with van der Waals surface area (Å²) in [6.45, 7) is 44.6. The predicted octanol–water partition coefficient (Wildman–Crippen LogP) is 20.7. The topological polar surface area (TPSA) is 273 Å². The molecule has 13 aromatic rings. The number of Topliss-reactive ketones (excluding diaryl/α,β-unsaturated/α-hetero) is 1. The molecule has 2 aliphatic rings. The van der Waals surface area contributed by atoms with Gasteiger partial charge in [-0.25, -0.2) is 24.4 Å². The fraction of sp³-hybridized carbons (Fsp3) is 0.348. The molecule has 2 fully saturated rings. The van der Waals surface area contributed by atoms with Crippen molar-refractivity contribution in [1.29, 1.82) is 0 Å². The minimum atomic E-state index is -3.29. The second-order valence-corrected chi connectivity index (χ2v) is 58.5. The number of carbonyl (C=O) groups is 7. The molecule has 8 heterocycles. The van der Waals surface area contributed by atoms with Crippen molar-refractivity contribution in [3.05, 3.63) is 342 Å². The number of hydrogen-bond acceptors (Lipinski definition) is 23. The van der Waals surface area contributed by atoms with Crippen molar-refractivity contribution in [2.75, 3.05) is 57.6 Å². The van der Waals surface area contributed by atoms with Crippen LogP contribution in [0.5, 0.6) is 0 Å². The fourth-order valence-electron chi connectivity index (χ4n) is 18.9. The van der Waals surface area contributed by atoms with Gasteiger partial charge >= 0.3 is 23.9 Å². The van der Waals surface area contributed by atoms with E-state index in [1.807, 2.05) is 282 Å². The number of rotatable bonds is 41. The fourth-order valence-corrected chi connectivity index (χ4v) is 33.2. The van der Waals surface area contributed by atoms with Gasteiger partial charge in [-0.1, -0.05) is 268 Å². The number of fused-ring (bicyclic) bond motifs is 2. The van der Waals surface area contributed by atoms with Crippen LogP contribution >= 0.6 is 52.4 Å². The molecule has 8 atom stereocenters. The molecule has 0 saturated carbocycles. The lowest BCUT2D eigenvalue weighted by Gasteiger charge is -2.54. The normalized spacial score (nSPS) is 16.0. The van der Waals surface area contributed by atoms with Crippen molar-refractivity contribution >= 4 is 168 Å². The monoisotopic (exact) mass is 2160 g/mol. The van der Waals surface area contributed by atoms with Crippen LogP contribution in [0.4, 0.5) is 5.69 Å². The summed E-state index contributed by atoms with van der Waals surface area (Å²) in [7, 11) is -4.91. The van der Waals surface area contributed by atoms with Crippen LogP contribution in [-0.4, -0.2) is 185 Å². The van der Waals surface area contributed by atoms with Crippen molar-refractivity contribution in [2.24, 2.45) is 23.7 Å². The van der Waals surface area contributed by atoms with E-state index in [0.717, 1.165) is 70.5 Å². The van der Waals surface area contributed by atoms with E-state index >= 15 is 24.0 Å². The van der Waals surface area contributed by atoms with Gasteiger partial charge in [0.05, 0.1) is 56.3 Å². The number of carbonyl (C=O) groups excluding carboxylic acids is 7. The lowest BCUT2D eigenvalue weighted by molar-refractivity contribution is -0.214. The summed E-state index contributed by atoms with van der Waals surface area (Å²) in [5.74, 6) is -9.86. The molecule has 0 unspecified atom stereocenters. The number of likely N-dealkylation sites (tertiary alicyclic amines) is 2. The molecule has 2 aliphatic heterocycles. The average Bonchev–Trinajstić information content (AvgIpc) is 0.877. The molecule has 2 saturated heterocycles. The van der Waals surface area contributed by atoms with Gasteiger partial charge in [0, 0.05) is 113 Å². The summed E-state index contributed by atoms with van der Waals surface area (Å²) in [4.78, 5) is 130. The van der Waals surface area contributed by atoms with E-state index in [2.05, 4.69) is 131 Å². The summed E-state index contributed by atoms with van der Waals surface area (Å²) in [5.41, 5.74) is 4.22. The summed E-state index contributed by atoms with van der Waals surface area (Å²) in [6, 6.07) is 71.3. The number of ketones is 1. The highest BCUT2D eigenvalue weighted by atomic mass is 79.9. The van der Waals surface area contributed by atoms with Gasteiger partial charge in [-0.05, 0) is 183 Å². The van der Waals surface area contributed by atoms with E-state index < -0.39 is 114 Å². The predicted molar refractivity (Wildman–Crippen MR) is 600 cm³/mol. The van der Waals surface area contributed by atoms with Crippen LogP contribution in [-0.2, 0) is 77.6 Å². The minimum Gasteiger partial charge on any atom is -0.457 e. The summed E-state index contributed by atoms with van der Waals surface area (Å²) in [6.07, 6.45) is 15.8. The number of pyridine rings is 2. The van der Waals surface area contributed by atoms with E-state index in [9.17, 15) is 9.59 Å². The Balaban J connectivity index is 0.000000204. The zero-order chi connectivity index (χ0) is 106. The number of thiazole rings is 2. The number of hydrogen-bond donors (Lipinski definition) is 0. The first-order chi connectivity index (χ1) is 70.3. The highest BCUT2D eigenvalue weighted by molar-refractivity contribution is 9.11. The van der Waals surface area contributed by atoms with E-state index in [0.29, 0.717) is 47.4 Å². The Bertz CT molecular complexity index is 6630. The van der Waals surface area contributed by atoms with Gasteiger partial charge in [0.15, 0.2) is 22.4 Å². The zero-order valence-corrected chi connectivity index (χ0v) is 94.6. The highest BCUT2D eigenvalue weighted by Gasteiger charge is 2.63. The molecule has 774 valence electrons. The molecule has 15 rings (SSSR count). The van der Waals surface area contributed by atoms with Gasteiger partial charge < -0.3 is 56.7 Å². The summed E-state index contributed by atoms with van der Waals surface area (Å²) in [5, 5.41) is 4.63. The van der Waals surface area contributed by atoms with Gasteiger partial charge in [-0.3, -0.25) is 37.9 Å². The number of aromatic nitrogens is 6. The summed E-state index contributed by atoms with van der Waals surface area (Å²) < 4.78 is 61.3. The number of nitrogens with zero attached hydrogens (tertiary/aromatic N) is 9. The molecular formula is C115H136BrN9O16P2S2Si2. The Morgan fingerprint density at radius 3 is 1.13 bits per heavy atom. The molecule has 2 amide bonds. The first-order valence-corrected chi connectivity index (χ1v) is 61.7. The zero-order valence-electron chi connectivity index (χ0n) is 87.5. The van der Waals surface area contributed by atoms with Crippen molar-refractivity contribution < 1.29 is 75.6 Å². The van der Waals surface area contributed by atoms with Crippen LogP contribution in [0.3, 0.4) is 0 Å². The quantitative estimate of drug-likeness (QED) is 0.00396. The number of imidazole rings is 2. The van der Waals surface area contributed by atoms with E-state index in [4.69, 9.17) is 47.0 Å². The molecule has 0 N–H and O–H groups in total. The Morgan fingerprint density at radius 1 is 0.469 bits per heavy atom. The number of ether oxygens (including phenoxy) is 7. The largest absolute Gasteiger partial charge is 0.457 e. The van der Waals surface area contributed by atoms with Crippen LogP contribution in [0, 0.1) is 23.7 Å². The van der Waals surface area contributed by atoms with Crippen molar-refractivity contribution in [3.63, 3.8) is 0 Å². The van der Waals surface area contributed by atoms with E-state index in [-0.39, 0.29) is 57.3 Å². The second kappa shape index (κ2) is 48.8. The molecule has 6 aromatic heterocycles. The molecule has 7 aromatic carbocycles. The maximum Gasteiger partial charge on any atom is 0.356 e. The Hall–Kier alpha value is -11.6. The number of halogens is 1. The Labute approximate surface area is 882 Å². The third kappa shape index (κ3) is 23.0. The molecule has 0 aliphatic carbocycles. The molecular weight excluding hydrogens is 2030 g/mol. The number of anilines is 1. The highest BCUT2D eigenvalue weighted by Crippen LogP contribution is 2.55. The lowest BCUT2D eigenvalue weighted by Crippen LogP contribution is -2.71. The lowest BCUT2D eigenvalue weighted by atomic mass is 9.75. The number of β-lactam (4-membered cyclic amide) rings is 2. The first kappa shape index (κ1) is 113. The molecule has 32 heteroatoms. The van der Waals surface area contributed by atoms with Gasteiger partial charge in [0.1, 0.15) is 57.8 Å². The van der Waals surface area contributed by atoms with Gasteiger partial charge in [0.2, 0.25) is 23.4 Å². The molecule has 25 nitrogen and oxygen atoms in total. The third-order valence-corrected chi connectivity index (χ3v) is 48.3. The number of esters is 4. The van der Waals surface area contributed by atoms with Gasteiger partial charge in [0.25, 0.3) is 0 Å². The minimum absolute atomic E-state index is 0.0847. The number of amides is 2. The molecule has 147 heavy (non-hydrogen) atoms. The smallest absolute Gasteiger partial charge is 0.356 e. The Kier molecular flexibility index (Phi) is 37.4. The van der Waals surface area contributed by atoms with Crippen LogP contribution in [0.25, 0.3) is 9.66 Å². The summed E-state index contributed by atoms with van der Waals surface area (Å²) >= 11 is 6.39. The van der Waals surface area contributed by atoms with Crippen LogP contribution < -0.4 is 36.7 Å². The Morgan fingerprint density at radius 2 is 0.810 bits per heavy atom. The van der Waals surface area contributed by atoms with Gasteiger partial charge in [-0.15, -0.1) is 22.7 Å². The first-order valence-electron chi connectivity index (χ1n) is 49.9.